The van der Waals surface area contributed by atoms with Gasteiger partial charge in [-0.2, -0.15) is 0 Å². The predicted molar refractivity (Wildman–Crippen MR) is 95.5 cm³/mol. The second-order valence-electron chi connectivity index (χ2n) is 6.62. The van der Waals surface area contributed by atoms with Gasteiger partial charge >= 0.3 is 0 Å². The Balaban J connectivity index is 2.13. The van der Waals surface area contributed by atoms with Crippen LogP contribution in [0, 0.1) is 0 Å². The Kier molecular flexibility index (Phi) is 5.38. The molecule has 0 spiro atoms. The number of rotatable bonds is 6. The van der Waals surface area contributed by atoms with E-state index >= 15 is 0 Å². The van der Waals surface area contributed by atoms with Crippen molar-refractivity contribution >= 4 is 27.2 Å². The molecule has 0 amide bonds. The van der Waals surface area contributed by atoms with Gasteiger partial charge in [0, 0.05) is 8.07 Å². The fourth-order valence-corrected chi connectivity index (χ4v) is 6.75. The van der Waals surface area contributed by atoms with Crippen LogP contribution in [0.25, 0.3) is 0 Å². The molecule has 0 saturated carbocycles. The molecule has 0 aliphatic carbocycles. The highest BCUT2D eigenvalue weighted by Crippen LogP contribution is 2.14. The molecule has 0 N–H and O–H groups in total. The fraction of sp³-hybridized carbons (Fsp3) is 0.333. The summed E-state index contributed by atoms with van der Waals surface area (Å²) in [5, 5.41) is 3.11. The third kappa shape index (κ3) is 4.76. The average molecular weight is 298 g/mol. The zero-order valence-corrected chi connectivity index (χ0v) is 14.9. The zero-order valence-electron chi connectivity index (χ0n) is 12.9. The molecule has 0 aliphatic heterocycles. The minimum absolute atomic E-state index is 0.600. The van der Waals surface area contributed by atoms with Crippen LogP contribution < -0.4 is 10.4 Å². The van der Waals surface area contributed by atoms with E-state index in [0.717, 1.165) is 0 Å². The molecule has 0 atom stereocenters. The summed E-state index contributed by atoms with van der Waals surface area (Å²) in [5.41, 5.74) is 0. The Morgan fingerprint density at radius 1 is 0.750 bits per heavy atom. The maximum Gasteiger partial charge on any atom is 0.121 e. The molecule has 105 valence electrons. The molecule has 2 rings (SSSR count). The topological polar surface area (TPSA) is 0 Å². The zero-order chi connectivity index (χ0) is 14.4. The Labute approximate surface area is 126 Å². The van der Waals surface area contributed by atoms with E-state index in [1.54, 1.807) is 10.4 Å². The van der Waals surface area contributed by atoms with Crippen molar-refractivity contribution in [2.24, 2.45) is 0 Å². The third-order valence-electron chi connectivity index (χ3n) is 3.60. The summed E-state index contributed by atoms with van der Waals surface area (Å²) in [6.07, 6.45) is 1.38. The maximum atomic E-state index is 2.48. The molecule has 0 aromatic heterocycles. The van der Waals surface area contributed by atoms with E-state index in [2.05, 4.69) is 80.3 Å². The van der Waals surface area contributed by atoms with Crippen LogP contribution >= 0.6 is 0 Å². The van der Waals surface area contributed by atoms with Gasteiger partial charge < -0.3 is 0 Å². The lowest BCUT2D eigenvalue weighted by molar-refractivity contribution is 1.03. The molecule has 0 nitrogen and oxygen atoms in total. The molecule has 0 aliphatic rings. The second-order valence-corrected chi connectivity index (χ2v) is 14.9. The molecule has 20 heavy (non-hydrogen) atoms. The van der Waals surface area contributed by atoms with Crippen LogP contribution in [0.5, 0.6) is 0 Å². The molecule has 0 unspecified atom stereocenters. The van der Waals surface area contributed by atoms with Crippen LogP contribution in [-0.2, 0) is 0 Å². The summed E-state index contributed by atoms with van der Waals surface area (Å²) < 4.78 is 0. The summed E-state index contributed by atoms with van der Waals surface area (Å²) in [6.45, 7) is 7.43. The lowest BCUT2D eigenvalue weighted by Crippen LogP contribution is -2.42. The first-order chi connectivity index (χ1) is 9.56. The standard InChI is InChI=1S/C18H25Si2/c1-20(2,3)16-10-15-19(17-11-6-4-7-12-17)18-13-8-5-9-14-18/h4-9,11-14H,10,15-16H2,1-3H3. The smallest absolute Gasteiger partial charge is 0.0695 e. The molecular formula is C18H25Si2. The summed E-state index contributed by atoms with van der Waals surface area (Å²) in [7, 11) is -1.51. The van der Waals surface area contributed by atoms with E-state index < -0.39 is 16.9 Å². The van der Waals surface area contributed by atoms with Crippen molar-refractivity contribution in [1.82, 2.24) is 0 Å². The number of hydrogen-bond donors (Lipinski definition) is 0. The van der Waals surface area contributed by atoms with Crippen molar-refractivity contribution in [2.75, 3.05) is 0 Å². The normalized spacial score (nSPS) is 11.8. The van der Waals surface area contributed by atoms with Crippen molar-refractivity contribution in [1.29, 1.82) is 0 Å². The van der Waals surface area contributed by atoms with Crippen molar-refractivity contribution in [3.8, 4) is 0 Å². The van der Waals surface area contributed by atoms with Crippen LogP contribution in [0.2, 0.25) is 31.7 Å². The van der Waals surface area contributed by atoms with E-state index in [1.165, 1.54) is 18.5 Å². The largest absolute Gasteiger partial charge is 0.121 e. The van der Waals surface area contributed by atoms with Crippen LogP contribution in [0.1, 0.15) is 6.42 Å². The SMILES string of the molecule is C[Si](C)(C)CCC[Si](c1ccccc1)c1ccccc1. The molecule has 1 radical (unpaired) electrons. The maximum absolute atomic E-state index is 2.48. The Bertz CT molecular complexity index is 460. The lowest BCUT2D eigenvalue weighted by atomic mass is 10.4. The van der Waals surface area contributed by atoms with Crippen LogP contribution in [0.4, 0.5) is 0 Å². The van der Waals surface area contributed by atoms with Crippen LogP contribution in [0.3, 0.4) is 0 Å². The van der Waals surface area contributed by atoms with Gasteiger partial charge in [0.15, 0.2) is 0 Å². The molecule has 2 aromatic rings. The molecule has 0 heterocycles. The van der Waals surface area contributed by atoms with Gasteiger partial charge in [-0.05, 0) is 0 Å². The van der Waals surface area contributed by atoms with E-state index in [9.17, 15) is 0 Å². The highest BCUT2D eigenvalue weighted by molar-refractivity contribution is 6.85. The summed E-state index contributed by atoms with van der Waals surface area (Å²) in [5.74, 6) is 0. The summed E-state index contributed by atoms with van der Waals surface area (Å²) in [6, 6.07) is 25.0. The average Bonchev–Trinajstić information content (AvgIpc) is 2.44. The monoisotopic (exact) mass is 297 g/mol. The highest BCUT2D eigenvalue weighted by Gasteiger charge is 2.18. The Morgan fingerprint density at radius 3 is 1.60 bits per heavy atom. The van der Waals surface area contributed by atoms with Gasteiger partial charge in [-0.15, -0.1) is 0 Å². The quantitative estimate of drug-likeness (QED) is 0.706. The first-order valence-electron chi connectivity index (χ1n) is 7.53. The third-order valence-corrected chi connectivity index (χ3v) is 8.37. The van der Waals surface area contributed by atoms with Gasteiger partial charge in [-0.1, -0.05) is 109 Å². The summed E-state index contributed by atoms with van der Waals surface area (Å²) >= 11 is 0. The van der Waals surface area contributed by atoms with Gasteiger partial charge in [0.25, 0.3) is 0 Å². The first-order valence-corrected chi connectivity index (χ1v) is 12.9. The first kappa shape index (κ1) is 15.3. The minimum atomic E-state index is -0.910. The molecule has 0 fully saturated rings. The fourth-order valence-electron chi connectivity index (χ4n) is 2.53. The highest BCUT2D eigenvalue weighted by atomic mass is 28.3. The molecule has 2 aromatic carbocycles. The van der Waals surface area contributed by atoms with E-state index in [0.29, 0.717) is 0 Å². The van der Waals surface area contributed by atoms with Crippen molar-refractivity contribution < 1.29 is 0 Å². The Morgan fingerprint density at radius 2 is 1.20 bits per heavy atom. The molecule has 2 heteroatoms. The van der Waals surface area contributed by atoms with Gasteiger partial charge in [-0.25, -0.2) is 0 Å². The van der Waals surface area contributed by atoms with Gasteiger partial charge in [-0.3, -0.25) is 0 Å². The van der Waals surface area contributed by atoms with E-state index in [-0.39, 0.29) is 0 Å². The predicted octanol–water partition coefficient (Wildman–Crippen LogP) is 4.02. The van der Waals surface area contributed by atoms with Gasteiger partial charge in [0.2, 0.25) is 0 Å². The number of benzene rings is 2. The van der Waals surface area contributed by atoms with Crippen molar-refractivity contribution in [3.63, 3.8) is 0 Å². The lowest BCUT2D eigenvalue weighted by Gasteiger charge is -2.19. The second kappa shape index (κ2) is 7.05. The van der Waals surface area contributed by atoms with Crippen molar-refractivity contribution in [2.45, 2.75) is 38.2 Å². The van der Waals surface area contributed by atoms with Crippen LogP contribution in [-0.4, -0.2) is 16.9 Å². The number of hydrogen-bond acceptors (Lipinski definition) is 0. The minimum Gasteiger partial charge on any atom is -0.0695 e. The molecular weight excluding hydrogens is 272 g/mol. The van der Waals surface area contributed by atoms with Crippen molar-refractivity contribution in [3.05, 3.63) is 60.7 Å². The summed E-state index contributed by atoms with van der Waals surface area (Å²) in [4.78, 5) is 0. The van der Waals surface area contributed by atoms with Gasteiger partial charge in [0.1, 0.15) is 8.80 Å². The van der Waals surface area contributed by atoms with Gasteiger partial charge in [0.05, 0.1) is 0 Å². The van der Waals surface area contributed by atoms with E-state index in [4.69, 9.17) is 0 Å². The van der Waals surface area contributed by atoms with E-state index in [1.807, 2.05) is 0 Å². The molecule has 0 saturated heterocycles. The molecule has 0 bridgehead atoms. The van der Waals surface area contributed by atoms with Crippen LogP contribution in [0.15, 0.2) is 60.7 Å². The Hall–Kier alpha value is -1.13.